The van der Waals surface area contributed by atoms with Crippen molar-refractivity contribution in [3.63, 3.8) is 0 Å². The third-order valence-electron chi connectivity index (χ3n) is 4.53. The molecular weight excluding hydrogens is 266 g/mol. The first-order valence-electron chi connectivity index (χ1n) is 8.40. The Morgan fingerprint density at radius 1 is 1.29 bits per heavy atom. The predicted octanol–water partition coefficient (Wildman–Crippen LogP) is 1.52. The van der Waals surface area contributed by atoms with Crippen molar-refractivity contribution >= 4 is 6.03 Å². The molecule has 2 N–H and O–H groups in total. The highest BCUT2D eigenvalue weighted by molar-refractivity contribution is 5.74. The normalized spacial score (nSPS) is 32.8. The van der Waals surface area contributed by atoms with Crippen LogP contribution in [-0.2, 0) is 0 Å². The fourth-order valence-corrected chi connectivity index (χ4v) is 3.82. The lowest BCUT2D eigenvalue weighted by Crippen LogP contribution is -2.52. The van der Waals surface area contributed by atoms with Gasteiger partial charge in [-0.15, -0.1) is 0 Å². The van der Waals surface area contributed by atoms with Crippen LogP contribution in [0.1, 0.15) is 40.0 Å². The number of nitrogens with one attached hydrogen (secondary N) is 1. The molecule has 0 radical (unpaired) electrons. The van der Waals surface area contributed by atoms with Crippen LogP contribution >= 0.6 is 0 Å². The van der Waals surface area contributed by atoms with Crippen LogP contribution in [0.4, 0.5) is 4.79 Å². The molecule has 2 aliphatic heterocycles. The van der Waals surface area contributed by atoms with Crippen LogP contribution < -0.4 is 5.32 Å². The van der Waals surface area contributed by atoms with Crippen LogP contribution in [-0.4, -0.2) is 65.8 Å². The Bertz CT molecular complexity index is 340. The van der Waals surface area contributed by atoms with E-state index in [2.05, 4.69) is 31.0 Å². The molecular formula is C16H31N3O2. The molecule has 5 heteroatoms. The average Bonchev–Trinajstić information content (AvgIpc) is 2.37. The first-order valence-corrected chi connectivity index (χ1v) is 8.40. The van der Waals surface area contributed by atoms with Gasteiger partial charge in [0.1, 0.15) is 0 Å². The maximum Gasteiger partial charge on any atom is 0.317 e. The fraction of sp³-hybridized carbons (Fsp3) is 0.938. The van der Waals surface area contributed by atoms with E-state index in [1.807, 2.05) is 0 Å². The van der Waals surface area contributed by atoms with Crippen molar-refractivity contribution in [2.75, 3.05) is 32.7 Å². The lowest BCUT2D eigenvalue weighted by Gasteiger charge is -2.37. The number of urea groups is 1. The van der Waals surface area contributed by atoms with Gasteiger partial charge in [-0.3, -0.25) is 0 Å². The molecule has 0 spiro atoms. The van der Waals surface area contributed by atoms with Crippen molar-refractivity contribution in [1.29, 1.82) is 0 Å². The molecule has 5 nitrogen and oxygen atoms in total. The smallest absolute Gasteiger partial charge is 0.317 e. The summed E-state index contributed by atoms with van der Waals surface area (Å²) >= 11 is 0. The lowest BCUT2D eigenvalue weighted by atomic mass is 9.92. The molecule has 4 unspecified atom stereocenters. The number of likely N-dealkylation sites (tertiary alicyclic amines) is 2. The third-order valence-corrected chi connectivity index (χ3v) is 4.53. The van der Waals surface area contributed by atoms with Crippen LogP contribution in [0.5, 0.6) is 0 Å². The zero-order chi connectivity index (χ0) is 15.4. The lowest BCUT2D eigenvalue weighted by molar-refractivity contribution is 0.0816. The second-order valence-corrected chi connectivity index (χ2v) is 7.26. The van der Waals surface area contributed by atoms with Gasteiger partial charge in [0.25, 0.3) is 0 Å². The summed E-state index contributed by atoms with van der Waals surface area (Å²) in [5, 5.41) is 12.7. The topological polar surface area (TPSA) is 55.8 Å². The Morgan fingerprint density at radius 2 is 1.95 bits per heavy atom. The molecule has 21 heavy (non-hydrogen) atoms. The highest BCUT2D eigenvalue weighted by Crippen LogP contribution is 2.20. The van der Waals surface area contributed by atoms with Crippen LogP contribution in [0.25, 0.3) is 0 Å². The van der Waals surface area contributed by atoms with Crippen molar-refractivity contribution < 1.29 is 9.90 Å². The molecule has 0 aromatic heterocycles. The van der Waals surface area contributed by atoms with Gasteiger partial charge in [-0.25, -0.2) is 4.79 Å². The minimum atomic E-state index is -0.358. The molecule has 0 aromatic rings. The fourth-order valence-electron chi connectivity index (χ4n) is 3.82. The van der Waals surface area contributed by atoms with E-state index in [4.69, 9.17) is 0 Å². The van der Waals surface area contributed by atoms with E-state index >= 15 is 0 Å². The second-order valence-electron chi connectivity index (χ2n) is 7.26. The van der Waals surface area contributed by atoms with Crippen molar-refractivity contribution in [3.8, 4) is 0 Å². The van der Waals surface area contributed by atoms with E-state index in [1.54, 1.807) is 4.90 Å². The van der Waals surface area contributed by atoms with Crippen molar-refractivity contribution in [1.82, 2.24) is 15.1 Å². The molecule has 2 saturated heterocycles. The third kappa shape index (κ3) is 5.15. The molecule has 0 saturated carbocycles. The number of rotatable bonds is 3. The number of β-amino-alcohol motifs (C(OH)–C–C–N with tert-alkyl or cyclic N) is 1. The van der Waals surface area contributed by atoms with Gasteiger partial charge < -0.3 is 20.2 Å². The molecule has 0 aromatic carbocycles. The van der Waals surface area contributed by atoms with Gasteiger partial charge in [-0.05, 0) is 38.0 Å². The summed E-state index contributed by atoms with van der Waals surface area (Å²) in [5.74, 6) is 1.49. The Balaban J connectivity index is 1.75. The van der Waals surface area contributed by atoms with Crippen LogP contribution in [0, 0.1) is 11.8 Å². The molecule has 0 aliphatic carbocycles. The van der Waals surface area contributed by atoms with Crippen LogP contribution in [0.2, 0.25) is 0 Å². The summed E-state index contributed by atoms with van der Waals surface area (Å²) in [7, 11) is 0. The molecule has 2 fully saturated rings. The minimum Gasteiger partial charge on any atom is -0.391 e. The summed E-state index contributed by atoms with van der Waals surface area (Å²) in [4.78, 5) is 16.4. The molecule has 0 bridgehead atoms. The first kappa shape index (κ1) is 16.6. The van der Waals surface area contributed by atoms with Crippen LogP contribution in [0.15, 0.2) is 0 Å². The van der Waals surface area contributed by atoms with E-state index in [0.29, 0.717) is 6.54 Å². The van der Waals surface area contributed by atoms with E-state index in [1.165, 1.54) is 6.42 Å². The minimum absolute atomic E-state index is 0.0284. The molecule has 2 heterocycles. The van der Waals surface area contributed by atoms with E-state index in [-0.39, 0.29) is 18.2 Å². The number of aliphatic hydroxyl groups is 1. The van der Waals surface area contributed by atoms with E-state index < -0.39 is 0 Å². The number of aliphatic hydroxyl groups excluding tert-OH is 1. The van der Waals surface area contributed by atoms with Gasteiger partial charge in [0.2, 0.25) is 0 Å². The maximum atomic E-state index is 12.2. The summed E-state index contributed by atoms with van der Waals surface area (Å²) in [6.45, 7) is 11.1. The van der Waals surface area contributed by atoms with E-state index in [0.717, 1.165) is 50.9 Å². The standard InChI is InChI=1S/C16H31N3O2/c1-12-7-13(2)9-18(8-12)10-14(3)17-16(21)19-6-4-5-15(20)11-19/h12-15,20H,4-11H2,1-3H3,(H,17,21). The largest absolute Gasteiger partial charge is 0.391 e. The molecule has 2 aliphatic rings. The summed E-state index contributed by atoms with van der Waals surface area (Å²) < 4.78 is 0. The van der Waals surface area contributed by atoms with Gasteiger partial charge in [0.15, 0.2) is 0 Å². The number of hydrogen-bond donors (Lipinski definition) is 2. The first-order chi connectivity index (χ1) is 9.94. The second kappa shape index (κ2) is 7.45. The summed E-state index contributed by atoms with van der Waals surface area (Å²) in [5.41, 5.74) is 0. The van der Waals surface area contributed by atoms with Gasteiger partial charge in [0.05, 0.1) is 6.10 Å². The predicted molar refractivity (Wildman–Crippen MR) is 84.2 cm³/mol. The van der Waals surface area contributed by atoms with E-state index in [9.17, 15) is 9.90 Å². The van der Waals surface area contributed by atoms with Gasteiger partial charge >= 0.3 is 6.03 Å². The van der Waals surface area contributed by atoms with Crippen molar-refractivity contribution in [3.05, 3.63) is 0 Å². The van der Waals surface area contributed by atoms with Gasteiger partial charge in [-0.2, -0.15) is 0 Å². The number of piperidine rings is 2. The van der Waals surface area contributed by atoms with Gasteiger partial charge in [-0.1, -0.05) is 13.8 Å². The highest BCUT2D eigenvalue weighted by atomic mass is 16.3. The Hall–Kier alpha value is -0.810. The average molecular weight is 297 g/mol. The number of nitrogens with zero attached hydrogens (tertiary/aromatic N) is 2. The summed E-state index contributed by atoms with van der Waals surface area (Å²) in [6.07, 6.45) is 2.65. The number of carbonyl (C=O) groups is 1. The number of amides is 2. The molecule has 122 valence electrons. The summed E-state index contributed by atoms with van der Waals surface area (Å²) in [6, 6.07) is 0.119. The molecule has 4 atom stereocenters. The Kier molecular flexibility index (Phi) is 5.88. The monoisotopic (exact) mass is 297 g/mol. The molecule has 2 amide bonds. The zero-order valence-electron chi connectivity index (χ0n) is 13.7. The van der Waals surface area contributed by atoms with Crippen molar-refractivity contribution in [2.24, 2.45) is 11.8 Å². The zero-order valence-corrected chi connectivity index (χ0v) is 13.7. The number of hydrogen-bond acceptors (Lipinski definition) is 3. The SMILES string of the molecule is CC1CC(C)CN(CC(C)NC(=O)N2CCCC(O)C2)C1. The van der Waals surface area contributed by atoms with Crippen molar-refractivity contribution in [2.45, 2.75) is 52.2 Å². The maximum absolute atomic E-state index is 12.2. The highest BCUT2D eigenvalue weighted by Gasteiger charge is 2.25. The molecule has 2 rings (SSSR count). The Morgan fingerprint density at radius 3 is 2.57 bits per heavy atom. The van der Waals surface area contributed by atoms with Crippen LogP contribution in [0.3, 0.4) is 0 Å². The van der Waals surface area contributed by atoms with Gasteiger partial charge in [0, 0.05) is 38.8 Å². The Labute approximate surface area is 128 Å². The quantitative estimate of drug-likeness (QED) is 0.830. The number of carbonyl (C=O) groups excluding carboxylic acids is 1.